The van der Waals surface area contributed by atoms with Crippen molar-refractivity contribution >= 4 is 17.2 Å². The fraction of sp³-hybridized carbons (Fsp3) is 0.412. The van der Waals surface area contributed by atoms with Crippen molar-refractivity contribution in [2.24, 2.45) is 0 Å². The number of methoxy groups -OCH3 is 1. The summed E-state index contributed by atoms with van der Waals surface area (Å²) in [5.41, 5.74) is 2.13. The predicted molar refractivity (Wildman–Crippen MR) is 92.9 cm³/mol. The van der Waals surface area contributed by atoms with Gasteiger partial charge in [0.15, 0.2) is 0 Å². The van der Waals surface area contributed by atoms with E-state index >= 15 is 0 Å². The van der Waals surface area contributed by atoms with Gasteiger partial charge in [-0.3, -0.25) is 9.69 Å². The number of carbonyl (C=O) groups is 1. The average Bonchev–Trinajstić information content (AvgIpc) is 2.92. The second-order valence-corrected chi connectivity index (χ2v) is 6.41. The molecule has 1 aromatic carbocycles. The van der Waals surface area contributed by atoms with Crippen LogP contribution >= 0.6 is 11.3 Å². The van der Waals surface area contributed by atoms with Crippen LogP contribution in [0.4, 0.5) is 0 Å². The molecule has 2 rings (SSSR count). The van der Waals surface area contributed by atoms with Crippen LogP contribution < -0.4 is 10.1 Å². The monoisotopic (exact) mass is 333 g/mol. The summed E-state index contributed by atoms with van der Waals surface area (Å²) in [5.74, 6) is 0.883. The van der Waals surface area contributed by atoms with Crippen LogP contribution in [0.15, 0.2) is 29.6 Å². The molecule has 124 valence electrons. The molecule has 23 heavy (non-hydrogen) atoms. The third-order valence-corrected chi connectivity index (χ3v) is 4.35. The fourth-order valence-corrected chi connectivity index (χ4v) is 3.16. The highest BCUT2D eigenvalue weighted by molar-refractivity contribution is 7.09. The lowest BCUT2D eigenvalue weighted by Gasteiger charge is -2.15. The maximum absolute atomic E-state index is 12.0. The van der Waals surface area contributed by atoms with Gasteiger partial charge in [0.1, 0.15) is 10.8 Å². The van der Waals surface area contributed by atoms with Crippen molar-refractivity contribution in [3.8, 4) is 5.75 Å². The molecule has 1 N–H and O–H groups in total. The summed E-state index contributed by atoms with van der Waals surface area (Å²) in [6, 6.07) is 7.86. The Balaban J connectivity index is 1.72. The molecule has 0 unspecified atom stereocenters. The molecule has 0 aliphatic carbocycles. The van der Waals surface area contributed by atoms with Gasteiger partial charge in [0.05, 0.1) is 20.2 Å². The number of benzene rings is 1. The zero-order valence-electron chi connectivity index (χ0n) is 13.8. The van der Waals surface area contributed by atoms with E-state index in [-0.39, 0.29) is 5.91 Å². The van der Waals surface area contributed by atoms with E-state index in [0.717, 1.165) is 28.4 Å². The zero-order chi connectivity index (χ0) is 16.7. The van der Waals surface area contributed by atoms with Crippen molar-refractivity contribution in [2.75, 3.05) is 27.2 Å². The van der Waals surface area contributed by atoms with E-state index in [1.165, 1.54) is 0 Å². The van der Waals surface area contributed by atoms with E-state index in [4.69, 9.17) is 4.74 Å². The van der Waals surface area contributed by atoms with Gasteiger partial charge in [-0.1, -0.05) is 18.2 Å². The minimum atomic E-state index is 0.0238. The summed E-state index contributed by atoms with van der Waals surface area (Å²) in [6.07, 6.45) is 0.755. The number of rotatable bonds is 8. The quantitative estimate of drug-likeness (QED) is 0.805. The van der Waals surface area contributed by atoms with Gasteiger partial charge in [0.25, 0.3) is 0 Å². The SMILES string of the molecule is COc1ccccc1CCNC(=O)CN(C)Cc1nc(C)cs1. The Morgan fingerprint density at radius 1 is 1.39 bits per heavy atom. The van der Waals surface area contributed by atoms with Gasteiger partial charge in [-0.05, 0) is 32.0 Å². The summed E-state index contributed by atoms with van der Waals surface area (Å²) in [6.45, 7) is 3.64. The van der Waals surface area contributed by atoms with Gasteiger partial charge < -0.3 is 10.1 Å². The van der Waals surface area contributed by atoms with Crippen LogP contribution in [0, 0.1) is 6.92 Å². The molecule has 2 aromatic rings. The third-order valence-electron chi connectivity index (χ3n) is 3.39. The van der Waals surface area contributed by atoms with Gasteiger partial charge in [-0.25, -0.2) is 4.98 Å². The number of carbonyl (C=O) groups excluding carboxylic acids is 1. The molecular formula is C17H23N3O2S. The lowest BCUT2D eigenvalue weighted by Crippen LogP contribution is -2.35. The number of likely N-dealkylation sites (N-methyl/N-ethyl adjacent to an activating group) is 1. The van der Waals surface area contributed by atoms with Crippen LogP contribution in [0.5, 0.6) is 5.75 Å². The Labute approximate surface area is 141 Å². The molecule has 0 atom stereocenters. The van der Waals surface area contributed by atoms with Gasteiger partial charge in [-0.15, -0.1) is 11.3 Å². The summed E-state index contributed by atoms with van der Waals surface area (Å²) >= 11 is 1.63. The number of nitrogens with zero attached hydrogens (tertiary/aromatic N) is 2. The predicted octanol–water partition coefficient (Wildman–Crippen LogP) is 2.25. The molecule has 6 heteroatoms. The van der Waals surface area contributed by atoms with Crippen molar-refractivity contribution in [2.45, 2.75) is 19.9 Å². The highest BCUT2D eigenvalue weighted by atomic mass is 32.1. The first kappa shape index (κ1) is 17.4. The highest BCUT2D eigenvalue weighted by Gasteiger charge is 2.09. The van der Waals surface area contributed by atoms with Crippen LogP contribution in [0.3, 0.4) is 0 Å². The molecule has 0 aliphatic rings. The van der Waals surface area contributed by atoms with Crippen LogP contribution in [-0.4, -0.2) is 43.0 Å². The molecule has 0 saturated heterocycles. The Bertz CT molecular complexity index is 642. The molecule has 1 amide bonds. The van der Waals surface area contributed by atoms with E-state index in [0.29, 0.717) is 19.6 Å². The number of amides is 1. The topological polar surface area (TPSA) is 54.5 Å². The van der Waals surface area contributed by atoms with E-state index in [1.807, 2.05) is 48.5 Å². The standard InChI is InChI=1S/C17H23N3O2S/c1-13-12-23-17(19-13)11-20(2)10-16(21)18-9-8-14-6-4-5-7-15(14)22-3/h4-7,12H,8-11H2,1-3H3,(H,18,21). The first-order chi connectivity index (χ1) is 11.1. The first-order valence-corrected chi connectivity index (χ1v) is 8.44. The Hall–Kier alpha value is -1.92. The van der Waals surface area contributed by atoms with Crippen molar-refractivity contribution in [3.05, 3.63) is 45.9 Å². The minimum absolute atomic E-state index is 0.0238. The summed E-state index contributed by atoms with van der Waals surface area (Å²) in [7, 11) is 3.59. The second-order valence-electron chi connectivity index (χ2n) is 5.47. The van der Waals surface area contributed by atoms with Crippen LogP contribution in [0.2, 0.25) is 0 Å². The molecule has 0 saturated carbocycles. The minimum Gasteiger partial charge on any atom is -0.496 e. The molecule has 0 aliphatic heterocycles. The van der Waals surface area contributed by atoms with Crippen molar-refractivity contribution in [1.82, 2.24) is 15.2 Å². The van der Waals surface area contributed by atoms with Crippen LogP contribution in [0.1, 0.15) is 16.3 Å². The van der Waals surface area contributed by atoms with Gasteiger partial charge in [0.2, 0.25) is 5.91 Å². The molecular weight excluding hydrogens is 310 g/mol. The third kappa shape index (κ3) is 5.65. The van der Waals surface area contributed by atoms with Gasteiger partial charge in [-0.2, -0.15) is 0 Å². The maximum Gasteiger partial charge on any atom is 0.234 e. The van der Waals surface area contributed by atoms with Crippen LogP contribution in [0.25, 0.3) is 0 Å². The van der Waals surface area contributed by atoms with E-state index in [2.05, 4.69) is 10.3 Å². The Morgan fingerprint density at radius 3 is 2.87 bits per heavy atom. The smallest absolute Gasteiger partial charge is 0.234 e. The molecule has 0 fully saturated rings. The van der Waals surface area contributed by atoms with Crippen molar-refractivity contribution in [3.63, 3.8) is 0 Å². The Kier molecular flexibility index (Phi) is 6.55. The molecule has 0 bridgehead atoms. The number of hydrogen-bond donors (Lipinski definition) is 1. The molecule has 0 spiro atoms. The van der Waals surface area contributed by atoms with Crippen LogP contribution in [-0.2, 0) is 17.8 Å². The van der Waals surface area contributed by atoms with Crippen molar-refractivity contribution < 1.29 is 9.53 Å². The highest BCUT2D eigenvalue weighted by Crippen LogP contribution is 2.17. The molecule has 1 heterocycles. The average molecular weight is 333 g/mol. The number of aromatic nitrogens is 1. The summed E-state index contributed by atoms with van der Waals surface area (Å²) in [5, 5.41) is 6.01. The van der Waals surface area contributed by atoms with E-state index in [1.54, 1.807) is 18.4 Å². The lowest BCUT2D eigenvalue weighted by atomic mass is 10.1. The number of thiazole rings is 1. The Morgan fingerprint density at radius 2 is 2.17 bits per heavy atom. The lowest BCUT2D eigenvalue weighted by molar-refractivity contribution is -0.122. The number of aryl methyl sites for hydroxylation is 1. The van der Waals surface area contributed by atoms with Gasteiger partial charge in [0, 0.05) is 17.6 Å². The fourth-order valence-electron chi connectivity index (χ4n) is 2.31. The second kappa shape index (κ2) is 8.64. The summed E-state index contributed by atoms with van der Waals surface area (Å²) in [4.78, 5) is 18.4. The number of para-hydroxylation sites is 1. The molecule has 5 nitrogen and oxygen atoms in total. The number of nitrogens with one attached hydrogen (secondary N) is 1. The molecule has 0 radical (unpaired) electrons. The normalized spacial score (nSPS) is 10.8. The number of ether oxygens (including phenoxy) is 1. The van der Waals surface area contributed by atoms with E-state index < -0.39 is 0 Å². The van der Waals surface area contributed by atoms with E-state index in [9.17, 15) is 4.79 Å². The van der Waals surface area contributed by atoms with Gasteiger partial charge >= 0.3 is 0 Å². The number of hydrogen-bond acceptors (Lipinski definition) is 5. The summed E-state index contributed by atoms with van der Waals surface area (Å²) < 4.78 is 5.31. The maximum atomic E-state index is 12.0. The van der Waals surface area contributed by atoms with Crippen molar-refractivity contribution in [1.29, 1.82) is 0 Å². The molecule has 1 aromatic heterocycles. The first-order valence-electron chi connectivity index (χ1n) is 7.56. The largest absolute Gasteiger partial charge is 0.496 e. The zero-order valence-corrected chi connectivity index (χ0v) is 14.7.